The number of amides is 2. The van der Waals surface area contributed by atoms with Crippen molar-refractivity contribution < 1.29 is 18.4 Å². The Balaban J connectivity index is 1.94. The predicted octanol–water partition coefficient (Wildman–Crippen LogP) is 1.94. The van der Waals surface area contributed by atoms with Gasteiger partial charge in [0, 0.05) is 0 Å². The molecule has 1 atom stereocenters. The smallest absolute Gasteiger partial charge is 0.287 e. The van der Waals surface area contributed by atoms with Crippen LogP contribution in [0.25, 0.3) is 0 Å². The minimum atomic E-state index is -0.641. The highest BCUT2D eigenvalue weighted by atomic mass is 16.3. The summed E-state index contributed by atoms with van der Waals surface area (Å²) in [6.07, 6.45) is 2.95. The van der Waals surface area contributed by atoms with Crippen molar-refractivity contribution in [1.29, 1.82) is 0 Å². The third-order valence-electron chi connectivity index (χ3n) is 3.00. The van der Waals surface area contributed by atoms with Crippen LogP contribution < -0.4 is 10.6 Å². The summed E-state index contributed by atoms with van der Waals surface area (Å²) in [4.78, 5) is 24.1. The molecule has 0 aliphatic rings. The van der Waals surface area contributed by atoms with Gasteiger partial charge in [0.15, 0.2) is 5.76 Å². The third kappa shape index (κ3) is 3.98. The Morgan fingerprint density at radius 1 is 1.14 bits per heavy atom. The number of nitrogens with one attached hydrogen (secondary N) is 2. The highest BCUT2D eigenvalue weighted by Gasteiger charge is 2.25. The van der Waals surface area contributed by atoms with Gasteiger partial charge < -0.3 is 19.5 Å². The van der Waals surface area contributed by atoms with Gasteiger partial charge in [0.25, 0.3) is 5.91 Å². The average Bonchev–Trinajstić information content (AvgIpc) is 3.13. The van der Waals surface area contributed by atoms with E-state index in [4.69, 9.17) is 8.83 Å². The molecule has 2 rings (SSSR count). The molecule has 112 valence electrons. The first-order valence-electron chi connectivity index (χ1n) is 6.72. The van der Waals surface area contributed by atoms with E-state index in [0.29, 0.717) is 5.76 Å². The summed E-state index contributed by atoms with van der Waals surface area (Å²) in [5, 5.41) is 5.41. The van der Waals surface area contributed by atoms with Crippen molar-refractivity contribution in [2.45, 2.75) is 26.4 Å². The first kappa shape index (κ1) is 14.9. The van der Waals surface area contributed by atoms with Gasteiger partial charge in [-0.3, -0.25) is 9.59 Å². The molecule has 0 saturated heterocycles. The molecule has 6 nitrogen and oxygen atoms in total. The molecule has 2 N–H and O–H groups in total. The lowest BCUT2D eigenvalue weighted by Gasteiger charge is -2.20. The predicted molar refractivity (Wildman–Crippen MR) is 75.4 cm³/mol. The quantitative estimate of drug-likeness (QED) is 0.851. The first-order chi connectivity index (χ1) is 10.1. The highest BCUT2D eigenvalue weighted by molar-refractivity contribution is 5.95. The lowest BCUT2D eigenvalue weighted by Crippen LogP contribution is -2.49. The molecule has 2 heterocycles. The van der Waals surface area contributed by atoms with E-state index in [1.807, 2.05) is 13.8 Å². The molecule has 0 aliphatic heterocycles. The molecule has 0 radical (unpaired) electrons. The molecular formula is C15H18N2O4. The van der Waals surface area contributed by atoms with E-state index in [-0.39, 0.29) is 24.1 Å². The minimum absolute atomic E-state index is 0.0551. The van der Waals surface area contributed by atoms with Gasteiger partial charge in [0.1, 0.15) is 11.8 Å². The van der Waals surface area contributed by atoms with Crippen LogP contribution in [0.1, 0.15) is 30.2 Å². The number of rotatable bonds is 6. The molecule has 21 heavy (non-hydrogen) atoms. The van der Waals surface area contributed by atoms with Gasteiger partial charge in [0.05, 0.1) is 19.1 Å². The summed E-state index contributed by atoms with van der Waals surface area (Å²) >= 11 is 0. The molecule has 2 amide bonds. The molecule has 2 aromatic rings. The molecule has 0 unspecified atom stereocenters. The van der Waals surface area contributed by atoms with Gasteiger partial charge in [-0.15, -0.1) is 0 Å². The highest BCUT2D eigenvalue weighted by Crippen LogP contribution is 2.06. The van der Waals surface area contributed by atoms with Crippen molar-refractivity contribution in [3.63, 3.8) is 0 Å². The van der Waals surface area contributed by atoms with Crippen LogP contribution >= 0.6 is 0 Å². The van der Waals surface area contributed by atoms with Gasteiger partial charge in [-0.05, 0) is 30.2 Å². The molecule has 0 aliphatic carbocycles. The fraction of sp³-hybridized carbons (Fsp3) is 0.333. The van der Waals surface area contributed by atoms with Crippen LogP contribution in [0.2, 0.25) is 0 Å². The van der Waals surface area contributed by atoms with Crippen LogP contribution in [0.4, 0.5) is 0 Å². The zero-order chi connectivity index (χ0) is 15.2. The van der Waals surface area contributed by atoms with Crippen molar-refractivity contribution >= 4 is 11.8 Å². The van der Waals surface area contributed by atoms with Gasteiger partial charge in [0.2, 0.25) is 5.91 Å². The normalized spacial score (nSPS) is 12.1. The van der Waals surface area contributed by atoms with E-state index >= 15 is 0 Å². The fourth-order valence-corrected chi connectivity index (χ4v) is 1.85. The number of furan rings is 2. The SMILES string of the molecule is CC(C)[C@H](NC(=O)c1ccco1)C(=O)NCc1ccco1. The van der Waals surface area contributed by atoms with E-state index in [0.717, 1.165) is 0 Å². The Labute approximate surface area is 122 Å². The van der Waals surface area contributed by atoms with Crippen LogP contribution in [0, 0.1) is 5.92 Å². The molecule has 6 heteroatoms. The Morgan fingerprint density at radius 2 is 1.86 bits per heavy atom. The maximum absolute atomic E-state index is 12.2. The van der Waals surface area contributed by atoms with Crippen LogP contribution in [0.5, 0.6) is 0 Å². The van der Waals surface area contributed by atoms with E-state index in [1.165, 1.54) is 6.26 Å². The maximum atomic E-state index is 12.2. The van der Waals surface area contributed by atoms with Gasteiger partial charge >= 0.3 is 0 Å². The van der Waals surface area contributed by atoms with Gasteiger partial charge in [-0.2, -0.15) is 0 Å². The van der Waals surface area contributed by atoms with Crippen molar-refractivity contribution in [2.24, 2.45) is 5.92 Å². The second-order valence-corrected chi connectivity index (χ2v) is 4.97. The third-order valence-corrected chi connectivity index (χ3v) is 3.00. The van der Waals surface area contributed by atoms with E-state index in [2.05, 4.69) is 10.6 Å². The number of carbonyl (C=O) groups excluding carboxylic acids is 2. The van der Waals surface area contributed by atoms with Crippen molar-refractivity contribution in [1.82, 2.24) is 10.6 Å². The summed E-state index contributed by atoms with van der Waals surface area (Å²) in [5.41, 5.74) is 0. The molecule has 0 spiro atoms. The van der Waals surface area contributed by atoms with Gasteiger partial charge in [-0.25, -0.2) is 0 Å². The summed E-state index contributed by atoms with van der Waals surface area (Å²) < 4.78 is 10.2. The van der Waals surface area contributed by atoms with E-state index < -0.39 is 11.9 Å². The summed E-state index contributed by atoms with van der Waals surface area (Å²) in [6, 6.07) is 6.05. The molecule has 0 saturated carbocycles. The summed E-state index contributed by atoms with van der Waals surface area (Å²) in [7, 11) is 0. The standard InChI is InChI=1S/C15H18N2O4/c1-10(2)13(17-14(18)12-6-4-8-21-12)15(19)16-9-11-5-3-7-20-11/h3-8,10,13H,9H2,1-2H3,(H,16,19)(H,17,18)/t13-/m0/s1. The molecule has 0 bridgehead atoms. The lowest BCUT2D eigenvalue weighted by molar-refractivity contribution is -0.124. The molecular weight excluding hydrogens is 272 g/mol. The van der Waals surface area contributed by atoms with Crippen LogP contribution in [-0.4, -0.2) is 17.9 Å². The second-order valence-electron chi connectivity index (χ2n) is 4.97. The molecule has 2 aromatic heterocycles. The zero-order valence-electron chi connectivity index (χ0n) is 12.0. The lowest BCUT2D eigenvalue weighted by atomic mass is 10.0. The molecule has 0 aromatic carbocycles. The monoisotopic (exact) mass is 290 g/mol. The molecule has 0 fully saturated rings. The second kappa shape index (κ2) is 6.78. The average molecular weight is 290 g/mol. The maximum Gasteiger partial charge on any atom is 0.287 e. The van der Waals surface area contributed by atoms with Gasteiger partial charge in [-0.1, -0.05) is 13.8 Å². The number of carbonyl (C=O) groups is 2. The zero-order valence-corrected chi connectivity index (χ0v) is 12.0. The summed E-state index contributed by atoms with van der Waals surface area (Å²) in [5.74, 6) is 0.108. The van der Waals surface area contributed by atoms with Crippen molar-refractivity contribution in [3.8, 4) is 0 Å². The summed E-state index contributed by atoms with van der Waals surface area (Å²) in [6.45, 7) is 4.00. The Hall–Kier alpha value is -2.50. The van der Waals surface area contributed by atoms with Crippen LogP contribution in [-0.2, 0) is 11.3 Å². The number of hydrogen-bond donors (Lipinski definition) is 2. The Kier molecular flexibility index (Phi) is 4.81. The Bertz CT molecular complexity index is 573. The number of hydrogen-bond acceptors (Lipinski definition) is 4. The van der Waals surface area contributed by atoms with Crippen LogP contribution in [0.3, 0.4) is 0 Å². The largest absolute Gasteiger partial charge is 0.467 e. The van der Waals surface area contributed by atoms with E-state index in [1.54, 1.807) is 30.5 Å². The van der Waals surface area contributed by atoms with E-state index in [9.17, 15) is 9.59 Å². The Morgan fingerprint density at radius 3 is 2.43 bits per heavy atom. The van der Waals surface area contributed by atoms with Crippen molar-refractivity contribution in [3.05, 3.63) is 48.3 Å². The minimum Gasteiger partial charge on any atom is -0.467 e. The van der Waals surface area contributed by atoms with Crippen LogP contribution in [0.15, 0.2) is 45.6 Å². The first-order valence-corrected chi connectivity index (χ1v) is 6.72. The van der Waals surface area contributed by atoms with Crippen molar-refractivity contribution in [2.75, 3.05) is 0 Å². The fourth-order valence-electron chi connectivity index (χ4n) is 1.85. The topological polar surface area (TPSA) is 84.5 Å².